The number of hydrogen-bond donors (Lipinski definition) is 3. The van der Waals surface area contributed by atoms with Crippen LogP contribution in [0.4, 0.5) is 10.1 Å². The Morgan fingerprint density at radius 3 is 2.75 bits per heavy atom. The molecule has 0 unspecified atom stereocenters. The summed E-state index contributed by atoms with van der Waals surface area (Å²) < 4.78 is 40.5. The molecule has 0 radical (unpaired) electrons. The topological polar surface area (TPSA) is 144 Å². The number of nitrogens with one attached hydrogen (secondary N) is 1. The number of β-amino-alcohol motifs (C(OH)–C–C–N with tert-alkyl or cyclic N) is 1. The number of pyridine rings is 1. The molecular formula is C39H53ClFN7O5. The molecule has 8 rings (SSSR count). The third kappa shape index (κ3) is 6.80. The average molecular weight is 754 g/mol. The van der Waals surface area contributed by atoms with Crippen LogP contribution in [0, 0.1) is 23.6 Å². The second kappa shape index (κ2) is 14.5. The highest BCUT2D eigenvalue weighted by atomic mass is 35.5. The highest BCUT2D eigenvalue weighted by Crippen LogP contribution is 2.55. The summed E-state index contributed by atoms with van der Waals surface area (Å²) in [4.78, 5) is 14.3. The lowest BCUT2D eigenvalue weighted by Gasteiger charge is -2.58. The number of ether oxygens (including phenoxy) is 4. The SMILES string of the molecule is COc1nc(-c2c(Cl)c(C)cc3[nH]ncc23)c(F)c(N)c1/C(=N\COC[C@]12CCC[C@H]1N(C1CC3(CCOCC3)C1)CCC2)N1CCOC[C@@](C)(O)C1. The largest absolute Gasteiger partial charge is 0.480 e. The molecule has 4 N–H and O–H groups in total. The summed E-state index contributed by atoms with van der Waals surface area (Å²) in [6.07, 6.45) is 12.4. The molecule has 1 aromatic carbocycles. The number of benzene rings is 1. The Morgan fingerprint density at radius 2 is 1.96 bits per heavy atom. The zero-order chi connectivity index (χ0) is 37.0. The van der Waals surface area contributed by atoms with Crippen LogP contribution in [-0.4, -0.2) is 120 Å². The Balaban J connectivity index is 1.08. The van der Waals surface area contributed by atoms with Crippen molar-refractivity contribution in [2.75, 3.05) is 72.2 Å². The number of halogens is 2. The minimum Gasteiger partial charge on any atom is -0.480 e. The highest BCUT2D eigenvalue weighted by molar-refractivity contribution is 6.35. The van der Waals surface area contributed by atoms with Crippen LogP contribution in [0.1, 0.15) is 75.8 Å². The number of methoxy groups -OCH3 is 1. The van der Waals surface area contributed by atoms with Gasteiger partial charge in [-0.1, -0.05) is 18.0 Å². The number of rotatable bonds is 8. The van der Waals surface area contributed by atoms with E-state index in [0.717, 1.165) is 38.2 Å². The number of nitrogens with two attached hydrogens (primary N) is 1. The predicted octanol–water partition coefficient (Wildman–Crippen LogP) is 5.71. The fourth-order valence-corrected chi connectivity index (χ4v) is 10.4. The Hall–Kier alpha value is -3.07. The van der Waals surface area contributed by atoms with Gasteiger partial charge in [0.2, 0.25) is 5.88 Å². The molecule has 3 aromatic rings. The normalized spacial score (nSPS) is 28.3. The zero-order valence-corrected chi connectivity index (χ0v) is 31.9. The molecule has 2 aliphatic carbocycles. The van der Waals surface area contributed by atoms with Gasteiger partial charge in [0.15, 0.2) is 5.82 Å². The van der Waals surface area contributed by atoms with Gasteiger partial charge in [0.1, 0.15) is 29.4 Å². The van der Waals surface area contributed by atoms with Crippen LogP contribution in [0.15, 0.2) is 17.3 Å². The van der Waals surface area contributed by atoms with Crippen LogP contribution in [0.3, 0.4) is 0 Å². The maximum absolute atomic E-state index is 16.7. The minimum atomic E-state index is -1.19. The maximum atomic E-state index is 16.7. The van der Waals surface area contributed by atoms with E-state index in [9.17, 15) is 5.11 Å². The van der Waals surface area contributed by atoms with E-state index in [4.69, 9.17) is 41.3 Å². The Morgan fingerprint density at radius 1 is 1.17 bits per heavy atom. The molecule has 3 atom stereocenters. The van der Waals surface area contributed by atoms with Crippen molar-refractivity contribution < 1.29 is 28.4 Å². The first-order chi connectivity index (χ1) is 25.5. The van der Waals surface area contributed by atoms with Crippen molar-refractivity contribution in [3.05, 3.63) is 34.2 Å². The van der Waals surface area contributed by atoms with Crippen molar-refractivity contribution in [2.24, 2.45) is 15.8 Å². The van der Waals surface area contributed by atoms with Gasteiger partial charge >= 0.3 is 0 Å². The number of hydrogen-bond acceptors (Lipinski definition) is 10. The van der Waals surface area contributed by atoms with Crippen molar-refractivity contribution in [3.63, 3.8) is 0 Å². The third-order valence-electron chi connectivity index (χ3n) is 12.8. The van der Waals surface area contributed by atoms with E-state index < -0.39 is 11.4 Å². The van der Waals surface area contributed by atoms with Gasteiger partial charge in [0.25, 0.3) is 0 Å². The number of nitrogens with zero attached hydrogens (tertiary/aromatic N) is 5. The highest BCUT2D eigenvalue weighted by Gasteiger charge is 2.54. The molecular weight excluding hydrogens is 701 g/mol. The molecule has 53 heavy (non-hydrogen) atoms. The molecule has 1 spiro atoms. The summed E-state index contributed by atoms with van der Waals surface area (Å²) in [7, 11) is 1.47. The van der Waals surface area contributed by atoms with Crippen molar-refractivity contribution in [1.82, 2.24) is 25.0 Å². The third-order valence-corrected chi connectivity index (χ3v) is 13.3. The fraction of sp³-hybridized carbons (Fsp3) is 0.667. The number of likely N-dealkylation sites (tertiary alicyclic amines) is 1. The fourth-order valence-electron chi connectivity index (χ4n) is 10.2. The summed E-state index contributed by atoms with van der Waals surface area (Å²) in [5, 5.41) is 19.2. The van der Waals surface area contributed by atoms with Gasteiger partial charge in [-0.2, -0.15) is 5.10 Å². The maximum Gasteiger partial charge on any atom is 0.227 e. The van der Waals surface area contributed by atoms with Gasteiger partial charge in [-0.3, -0.25) is 10.00 Å². The van der Waals surface area contributed by atoms with Crippen LogP contribution in [-0.2, 0) is 14.2 Å². The Bertz CT molecular complexity index is 1860. The summed E-state index contributed by atoms with van der Waals surface area (Å²) in [5.74, 6) is -0.346. The zero-order valence-electron chi connectivity index (χ0n) is 31.2. The number of aliphatic imine (C=N–C) groups is 1. The van der Waals surface area contributed by atoms with E-state index in [1.54, 1.807) is 13.1 Å². The lowest BCUT2D eigenvalue weighted by Crippen LogP contribution is -2.61. The second-order valence-corrected chi connectivity index (χ2v) is 16.9. The molecule has 3 aliphatic heterocycles. The molecule has 5 aliphatic rings. The first-order valence-electron chi connectivity index (χ1n) is 19.2. The standard InChI is InChI=1S/C39H53ClFN7O5/c1-24-16-27-26(19-44-46-27)29(31(24)40)34-32(41)33(42)30(36(45-34)50-3)35(47-12-15-52-21-37(2,49)20-47)43-23-53-22-39-7-4-6-28(39)48(11-5-8-39)25-17-38(18-25)9-13-51-14-10-38/h16,19,25,28,49H,4-15,17-18,20-23H2,1-3H3,(H2,42,45)(H,44,46)/b43-35+/t28-,37+,39-/m1/s1. The van der Waals surface area contributed by atoms with Crippen molar-refractivity contribution in [1.29, 1.82) is 0 Å². The number of amidine groups is 1. The minimum absolute atomic E-state index is 0.0289. The van der Waals surface area contributed by atoms with Crippen molar-refractivity contribution in [3.8, 4) is 17.1 Å². The lowest BCUT2D eigenvalue weighted by atomic mass is 9.60. The van der Waals surface area contributed by atoms with Gasteiger partial charge in [0, 0.05) is 48.2 Å². The van der Waals surface area contributed by atoms with Crippen molar-refractivity contribution in [2.45, 2.75) is 89.3 Å². The summed E-state index contributed by atoms with van der Waals surface area (Å²) >= 11 is 6.79. The second-order valence-electron chi connectivity index (χ2n) is 16.5. The van der Waals surface area contributed by atoms with Crippen LogP contribution in [0.25, 0.3) is 22.2 Å². The smallest absolute Gasteiger partial charge is 0.227 e. The van der Waals surface area contributed by atoms with Gasteiger partial charge in [-0.05, 0) is 88.8 Å². The molecule has 14 heteroatoms. The van der Waals surface area contributed by atoms with Crippen LogP contribution in [0.5, 0.6) is 5.88 Å². The van der Waals surface area contributed by atoms with Crippen LogP contribution < -0.4 is 10.5 Å². The van der Waals surface area contributed by atoms with E-state index in [0.29, 0.717) is 64.6 Å². The first kappa shape index (κ1) is 36.9. The first-order valence-corrected chi connectivity index (χ1v) is 19.6. The Kier molecular flexibility index (Phi) is 10.1. The number of aromatic amines is 1. The lowest BCUT2D eigenvalue weighted by molar-refractivity contribution is -0.118. The quantitative estimate of drug-likeness (QED) is 0.149. The van der Waals surface area contributed by atoms with Gasteiger partial charge in [-0.15, -0.1) is 0 Å². The predicted molar refractivity (Wildman–Crippen MR) is 202 cm³/mol. The van der Waals surface area contributed by atoms with E-state index >= 15 is 4.39 Å². The molecule has 288 valence electrons. The number of nitrogen functional groups attached to an aromatic ring is 1. The average Bonchev–Trinajstić information content (AvgIpc) is 3.74. The summed E-state index contributed by atoms with van der Waals surface area (Å²) in [6.45, 7) is 8.18. The number of anilines is 1. The summed E-state index contributed by atoms with van der Waals surface area (Å²) in [6, 6.07) is 3.02. The van der Waals surface area contributed by atoms with Crippen molar-refractivity contribution >= 4 is 34.0 Å². The number of fused-ring (bicyclic) bond motifs is 2. The Labute approximate surface area is 315 Å². The van der Waals surface area contributed by atoms with Crippen LogP contribution in [0.2, 0.25) is 5.02 Å². The molecule has 0 amide bonds. The van der Waals surface area contributed by atoms with E-state index in [1.807, 2.05) is 17.9 Å². The van der Waals surface area contributed by atoms with Gasteiger partial charge in [-0.25, -0.2) is 14.4 Å². The van der Waals surface area contributed by atoms with Gasteiger partial charge in [0.05, 0.1) is 55.9 Å². The van der Waals surface area contributed by atoms with E-state index in [-0.39, 0.29) is 48.1 Å². The number of H-pyrrole nitrogens is 1. The molecule has 2 saturated carbocycles. The molecule has 5 heterocycles. The molecule has 2 aromatic heterocycles. The number of aliphatic hydroxyl groups is 1. The number of aryl methyl sites for hydroxylation is 1. The van der Waals surface area contributed by atoms with Crippen LogP contribution >= 0.6 is 11.6 Å². The molecule has 5 fully saturated rings. The number of piperidine rings is 1. The van der Waals surface area contributed by atoms with E-state index in [2.05, 4.69) is 20.1 Å². The van der Waals surface area contributed by atoms with E-state index in [1.165, 1.54) is 52.1 Å². The monoisotopic (exact) mass is 753 g/mol. The molecule has 0 bridgehead atoms. The summed E-state index contributed by atoms with van der Waals surface area (Å²) in [5.41, 5.74) is 7.83. The molecule has 12 nitrogen and oxygen atoms in total. The number of aromatic nitrogens is 3. The van der Waals surface area contributed by atoms with Gasteiger partial charge < -0.3 is 34.7 Å². The molecule has 3 saturated heterocycles.